The molecule has 0 amide bonds. The molecule has 0 saturated carbocycles. The molecule has 0 spiro atoms. The maximum absolute atomic E-state index is 2.46. The predicted molar refractivity (Wildman–Crippen MR) is 157 cm³/mol. The highest BCUT2D eigenvalue weighted by molar-refractivity contribution is 5.46. The summed E-state index contributed by atoms with van der Waals surface area (Å²) < 4.78 is 0. The van der Waals surface area contributed by atoms with Gasteiger partial charge in [0.25, 0.3) is 0 Å². The molecule has 1 aliphatic rings. The summed E-state index contributed by atoms with van der Waals surface area (Å²) in [7, 11) is 0. The molecule has 0 aromatic heterocycles. The molecule has 0 aromatic carbocycles. The van der Waals surface area contributed by atoms with E-state index in [-0.39, 0.29) is 0 Å². The second-order valence-electron chi connectivity index (χ2n) is 11.5. The van der Waals surface area contributed by atoms with Gasteiger partial charge in [-0.05, 0) is 63.0 Å². The van der Waals surface area contributed by atoms with Crippen molar-refractivity contribution in [2.45, 2.75) is 195 Å². The van der Waals surface area contributed by atoms with Crippen molar-refractivity contribution in [1.82, 2.24) is 0 Å². The van der Waals surface area contributed by atoms with Gasteiger partial charge in [0.1, 0.15) is 0 Å². The third-order valence-electron chi connectivity index (χ3n) is 8.18. The smallest absolute Gasteiger partial charge is 0.00994 e. The first-order valence-corrected chi connectivity index (χ1v) is 16.1. The molecule has 200 valence electrons. The Bertz CT molecular complexity index is 520. The Hall–Kier alpha value is -0.520. The molecule has 0 radical (unpaired) electrons. The lowest BCUT2D eigenvalue weighted by Crippen LogP contribution is -1.94. The highest BCUT2D eigenvalue weighted by Gasteiger charge is 2.21. The quantitative estimate of drug-likeness (QED) is 0.116. The maximum Gasteiger partial charge on any atom is -0.00994 e. The molecule has 0 aromatic rings. The monoisotopic (exact) mass is 473 g/mol. The maximum atomic E-state index is 2.46. The van der Waals surface area contributed by atoms with Crippen LogP contribution in [0.15, 0.2) is 22.3 Å². The number of rotatable bonds is 25. The van der Waals surface area contributed by atoms with Crippen LogP contribution >= 0.6 is 0 Å². The first-order valence-electron chi connectivity index (χ1n) is 16.1. The van der Waals surface area contributed by atoms with Crippen molar-refractivity contribution in [1.29, 1.82) is 0 Å². The summed E-state index contributed by atoms with van der Waals surface area (Å²) in [6.07, 6.45) is 37.0. The zero-order valence-electron chi connectivity index (χ0n) is 24.4. The second kappa shape index (κ2) is 22.9. The Morgan fingerprint density at radius 3 is 1.12 bits per heavy atom. The topological polar surface area (TPSA) is 0 Å². The lowest BCUT2D eigenvalue weighted by molar-refractivity contribution is 0.569. The molecule has 0 N–H and O–H groups in total. The molecule has 0 heteroatoms. The van der Waals surface area contributed by atoms with Crippen molar-refractivity contribution >= 4 is 0 Å². The fourth-order valence-corrected chi connectivity index (χ4v) is 5.93. The van der Waals surface area contributed by atoms with Gasteiger partial charge in [0.2, 0.25) is 0 Å². The zero-order valence-corrected chi connectivity index (χ0v) is 24.4. The minimum Gasteiger partial charge on any atom is -0.0658 e. The minimum absolute atomic E-state index is 1.31. The third-order valence-corrected chi connectivity index (χ3v) is 8.18. The summed E-state index contributed by atoms with van der Waals surface area (Å²) in [6, 6.07) is 0. The van der Waals surface area contributed by atoms with E-state index in [0.29, 0.717) is 0 Å². The average molecular weight is 473 g/mol. The Kier molecular flexibility index (Phi) is 21.2. The lowest BCUT2D eigenvalue weighted by atomic mass is 9.92. The van der Waals surface area contributed by atoms with Crippen LogP contribution in [0.4, 0.5) is 0 Å². The molecule has 0 saturated heterocycles. The van der Waals surface area contributed by atoms with Crippen LogP contribution in [0.1, 0.15) is 195 Å². The molecule has 0 aliphatic heterocycles. The predicted octanol–water partition coefficient (Wildman–Crippen LogP) is 12.8. The van der Waals surface area contributed by atoms with E-state index in [1.165, 1.54) is 167 Å². The summed E-state index contributed by atoms with van der Waals surface area (Å²) in [5.41, 5.74) is 7.25. The van der Waals surface area contributed by atoms with Crippen LogP contribution in [0.3, 0.4) is 0 Å². The molecule has 1 aliphatic carbocycles. The molecular formula is C34H64. The van der Waals surface area contributed by atoms with Crippen molar-refractivity contribution in [2.24, 2.45) is 0 Å². The first-order chi connectivity index (χ1) is 16.7. The molecule has 0 unspecified atom stereocenters. The van der Waals surface area contributed by atoms with Gasteiger partial charge in [0.05, 0.1) is 0 Å². The van der Waals surface area contributed by atoms with Crippen molar-refractivity contribution in [3.63, 3.8) is 0 Å². The van der Waals surface area contributed by atoms with Gasteiger partial charge in [-0.15, -0.1) is 0 Å². The lowest BCUT2D eigenvalue weighted by Gasteiger charge is -2.13. The van der Waals surface area contributed by atoms with Crippen LogP contribution in [0.2, 0.25) is 0 Å². The van der Waals surface area contributed by atoms with E-state index >= 15 is 0 Å². The van der Waals surface area contributed by atoms with Crippen LogP contribution in [-0.2, 0) is 0 Å². The van der Waals surface area contributed by atoms with Crippen LogP contribution in [0, 0.1) is 0 Å². The van der Waals surface area contributed by atoms with Gasteiger partial charge in [-0.25, -0.2) is 0 Å². The standard InChI is InChI=1S/C34H64/c1-5-8-11-14-17-19-21-24-27-32-30-31(4)33(28-25-22-16-13-10-7-3)34(32)29-26-23-20-18-15-12-9-6-2/h5-30H2,1-4H3. The Labute approximate surface area is 216 Å². The number of allylic oxidation sites excluding steroid dienone is 4. The molecule has 34 heavy (non-hydrogen) atoms. The summed E-state index contributed by atoms with van der Waals surface area (Å²) in [4.78, 5) is 0. The van der Waals surface area contributed by atoms with E-state index in [2.05, 4.69) is 27.7 Å². The number of hydrogen-bond donors (Lipinski definition) is 0. The second-order valence-corrected chi connectivity index (χ2v) is 11.5. The summed E-state index contributed by atoms with van der Waals surface area (Å²) in [5, 5.41) is 0. The van der Waals surface area contributed by atoms with Gasteiger partial charge < -0.3 is 0 Å². The van der Waals surface area contributed by atoms with Gasteiger partial charge in [-0.2, -0.15) is 0 Å². The van der Waals surface area contributed by atoms with E-state index in [9.17, 15) is 0 Å². The van der Waals surface area contributed by atoms with Crippen molar-refractivity contribution in [3.8, 4) is 0 Å². The zero-order chi connectivity index (χ0) is 24.7. The number of hydrogen-bond acceptors (Lipinski definition) is 0. The van der Waals surface area contributed by atoms with Gasteiger partial charge in [0.15, 0.2) is 0 Å². The van der Waals surface area contributed by atoms with Gasteiger partial charge >= 0.3 is 0 Å². The van der Waals surface area contributed by atoms with Crippen molar-refractivity contribution in [2.75, 3.05) is 0 Å². The molecule has 0 atom stereocenters. The van der Waals surface area contributed by atoms with E-state index < -0.39 is 0 Å². The summed E-state index contributed by atoms with van der Waals surface area (Å²) >= 11 is 0. The summed E-state index contributed by atoms with van der Waals surface area (Å²) in [5.74, 6) is 0. The minimum atomic E-state index is 1.31. The van der Waals surface area contributed by atoms with Gasteiger partial charge in [0, 0.05) is 0 Å². The third kappa shape index (κ3) is 15.5. The van der Waals surface area contributed by atoms with E-state index in [1.807, 2.05) is 16.7 Å². The molecule has 1 rings (SSSR count). The van der Waals surface area contributed by atoms with Crippen LogP contribution in [0.25, 0.3) is 0 Å². The van der Waals surface area contributed by atoms with Crippen LogP contribution < -0.4 is 0 Å². The van der Waals surface area contributed by atoms with E-state index in [4.69, 9.17) is 0 Å². The fourth-order valence-electron chi connectivity index (χ4n) is 5.93. The molecule has 0 heterocycles. The highest BCUT2D eigenvalue weighted by atomic mass is 14.3. The molecule has 0 nitrogen and oxygen atoms in total. The van der Waals surface area contributed by atoms with E-state index in [0.717, 1.165) is 0 Å². The van der Waals surface area contributed by atoms with Crippen molar-refractivity contribution in [3.05, 3.63) is 22.3 Å². The van der Waals surface area contributed by atoms with Gasteiger partial charge in [-0.3, -0.25) is 0 Å². The van der Waals surface area contributed by atoms with Crippen molar-refractivity contribution < 1.29 is 0 Å². The Balaban J connectivity index is 2.45. The summed E-state index contributed by atoms with van der Waals surface area (Å²) in [6.45, 7) is 9.42. The molecular weight excluding hydrogens is 408 g/mol. The first kappa shape index (κ1) is 31.5. The average Bonchev–Trinajstić information content (AvgIpc) is 3.13. The van der Waals surface area contributed by atoms with Gasteiger partial charge in [-0.1, -0.05) is 154 Å². The van der Waals surface area contributed by atoms with E-state index in [1.54, 1.807) is 5.57 Å². The van der Waals surface area contributed by atoms with Crippen LogP contribution in [-0.4, -0.2) is 0 Å². The SMILES string of the molecule is CCCCCCCCCCC1=C(CCCCCCCCCC)C(CCCCCCCC)=C(C)C1. The normalized spacial score (nSPS) is 14.1. The highest BCUT2D eigenvalue weighted by Crippen LogP contribution is 2.40. The molecule has 0 bridgehead atoms. The molecule has 0 fully saturated rings. The Morgan fingerprint density at radius 1 is 0.382 bits per heavy atom. The largest absolute Gasteiger partial charge is 0.0658 e. The number of unbranched alkanes of at least 4 members (excludes halogenated alkanes) is 19. The van der Waals surface area contributed by atoms with Crippen LogP contribution in [0.5, 0.6) is 0 Å². The fraction of sp³-hybridized carbons (Fsp3) is 0.882. The Morgan fingerprint density at radius 2 is 0.706 bits per heavy atom.